The summed E-state index contributed by atoms with van der Waals surface area (Å²) in [6.45, 7) is 1.85. The number of rotatable bonds is 5. The zero-order valence-corrected chi connectivity index (χ0v) is 9.41. The quantitative estimate of drug-likeness (QED) is 0.634. The van der Waals surface area contributed by atoms with E-state index in [1.54, 1.807) is 6.92 Å². The maximum absolute atomic E-state index is 11.1. The summed E-state index contributed by atoms with van der Waals surface area (Å²) in [4.78, 5) is 14.8. The predicted octanol–water partition coefficient (Wildman–Crippen LogP) is 0.135. The second kappa shape index (κ2) is 6.17. The number of ether oxygens (including phenoxy) is 1. The highest BCUT2D eigenvalue weighted by Crippen LogP contribution is 2.24. The molecular formula is C11H15NO5. The van der Waals surface area contributed by atoms with Crippen LogP contribution >= 0.6 is 0 Å². The number of carbonyl (C=O) groups is 1. The van der Waals surface area contributed by atoms with Gasteiger partial charge in [-0.05, 0) is 19.1 Å². The van der Waals surface area contributed by atoms with Gasteiger partial charge in [0.25, 0.3) is 0 Å². The van der Waals surface area contributed by atoms with Crippen molar-refractivity contribution in [3.05, 3.63) is 24.0 Å². The summed E-state index contributed by atoms with van der Waals surface area (Å²) < 4.78 is 4.64. The average molecular weight is 241 g/mol. The highest BCUT2D eigenvalue weighted by atomic mass is 16.5. The molecule has 1 rings (SSSR count). The molecule has 0 amide bonds. The van der Waals surface area contributed by atoms with Gasteiger partial charge >= 0.3 is 5.97 Å². The third-order valence-electron chi connectivity index (χ3n) is 2.14. The van der Waals surface area contributed by atoms with Crippen LogP contribution < -0.4 is 0 Å². The van der Waals surface area contributed by atoms with Gasteiger partial charge in [0.15, 0.2) is 0 Å². The fourth-order valence-corrected chi connectivity index (χ4v) is 1.32. The number of aromatic hydroxyl groups is 1. The summed E-state index contributed by atoms with van der Waals surface area (Å²) in [5.74, 6) is -0.850. The van der Waals surface area contributed by atoms with Gasteiger partial charge in [0.2, 0.25) is 0 Å². The first-order chi connectivity index (χ1) is 8.06. The van der Waals surface area contributed by atoms with Crippen LogP contribution in [-0.4, -0.2) is 39.0 Å². The maximum atomic E-state index is 11.1. The van der Waals surface area contributed by atoms with Crippen LogP contribution in [0, 0.1) is 0 Å². The van der Waals surface area contributed by atoms with Crippen molar-refractivity contribution in [3.8, 4) is 5.75 Å². The Bertz CT molecular complexity index is 382. The van der Waals surface area contributed by atoms with Gasteiger partial charge in [-0.15, -0.1) is 0 Å². The SMILES string of the molecule is CCOC(=O)CC(O)C(O)c1ncccc1O. The Labute approximate surface area is 98.5 Å². The van der Waals surface area contributed by atoms with Crippen LogP contribution in [0.5, 0.6) is 5.75 Å². The molecule has 0 fully saturated rings. The minimum absolute atomic E-state index is 0.0655. The first-order valence-corrected chi connectivity index (χ1v) is 5.21. The molecule has 2 atom stereocenters. The Morgan fingerprint density at radius 2 is 2.24 bits per heavy atom. The highest BCUT2D eigenvalue weighted by Gasteiger charge is 2.25. The van der Waals surface area contributed by atoms with Gasteiger partial charge in [-0.25, -0.2) is 0 Å². The number of pyridine rings is 1. The lowest BCUT2D eigenvalue weighted by Gasteiger charge is -2.17. The van der Waals surface area contributed by atoms with E-state index in [0.29, 0.717) is 0 Å². The molecule has 17 heavy (non-hydrogen) atoms. The van der Waals surface area contributed by atoms with Crippen molar-refractivity contribution in [2.24, 2.45) is 0 Å². The molecule has 6 heteroatoms. The molecule has 6 nitrogen and oxygen atoms in total. The van der Waals surface area contributed by atoms with Crippen LogP contribution in [0.25, 0.3) is 0 Å². The first kappa shape index (κ1) is 13.4. The van der Waals surface area contributed by atoms with Crippen LogP contribution in [0.4, 0.5) is 0 Å². The fourth-order valence-electron chi connectivity index (χ4n) is 1.32. The molecule has 1 aromatic rings. The predicted molar refractivity (Wildman–Crippen MR) is 58.1 cm³/mol. The molecule has 0 saturated carbocycles. The largest absolute Gasteiger partial charge is 0.506 e. The van der Waals surface area contributed by atoms with E-state index in [4.69, 9.17) is 0 Å². The maximum Gasteiger partial charge on any atom is 0.308 e. The van der Waals surface area contributed by atoms with E-state index in [1.807, 2.05) is 0 Å². The molecule has 0 aromatic carbocycles. The molecule has 1 aromatic heterocycles. The third-order valence-corrected chi connectivity index (χ3v) is 2.14. The summed E-state index contributed by atoms with van der Waals surface area (Å²) in [5.41, 5.74) is -0.0655. The number of nitrogens with zero attached hydrogens (tertiary/aromatic N) is 1. The topological polar surface area (TPSA) is 99.9 Å². The smallest absolute Gasteiger partial charge is 0.308 e. The Balaban J connectivity index is 2.67. The normalized spacial score (nSPS) is 14.1. The van der Waals surface area contributed by atoms with E-state index in [9.17, 15) is 20.1 Å². The van der Waals surface area contributed by atoms with Crippen molar-refractivity contribution in [1.82, 2.24) is 4.98 Å². The van der Waals surface area contributed by atoms with Crippen LogP contribution in [-0.2, 0) is 9.53 Å². The van der Waals surface area contributed by atoms with Crippen molar-refractivity contribution >= 4 is 5.97 Å². The zero-order chi connectivity index (χ0) is 12.8. The number of esters is 1. The Morgan fingerprint density at radius 1 is 1.53 bits per heavy atom. The Hall–Kier alpha value is -1.66. The molecule has 0 saturated heterocycles. The van der Waals surface area contributed by atoms with Crippen LogP contribution in [0.2, 0.25) is 0 Å². The monoisotopic (exact) mass is 241 g/mol. The molecule has 0 spiro atoms. The summed E-state index contributed by atoms with van der Waals surface area (Å²) in [6.07, 6.45) is -1.78. The molecule has 1 heterocycles. The van der Waals surface area contributed by atoms with Gasteiger partial charge in [0.05, 0.1) is 19.1 Å². The number of carbonyl (C=O) groups excluding carboxylic acids is 1. The lowest BCUT2D eigenvalue weighted by Crippen LogP contribution is -2.23. The van der Waals surface area contributed by atoms with Crippen LogP contribution in [0.1, 0.15) is 25.1 Å². The van der Waals surface area contributed by atoms with E-state index >= 15 is 0 Å². The van der Waals surface area contributed by atoms with E-state index in [-0.39, 0.29) is 24.5 Å². The van der Waals surface area contributed by atoms with E-state index in [0.717, 1.165) is 0 Å². The summed E-state index contributed by atoms with van der Waals surface area (Å²) in [7, 11) is 0. The number of hydrogen-bond acceptors (Lipinski definition) is 6. The Kier molecular flexibility index (Phi) is 4.86. The molecule has 0 aliphatic rings. The highest BCUT2D eigenvalue weighted by molar-refractivity contribution is 5.70. The summed E-state index contributed by atoms with van der Waals surface area (Å²) >= 11 is 0. The van der Waals surface area contributed by atoms with E-state index < -0.39 is 18.2 Å². The van der Waals surface area contributed by atoms with Crippen molar-refractivity contribution in [1.29, 1.82) is 0 Å². The van der Waals surface area contributed by atoms with Gasteiger partial charge < -0.3 is 20.1 Å². The molecule has 0 aliphatic carbocycles. The molecular weight excluding hydrogens is 226 g/mol. The Morgan fingerprint density at radius 3 is 2.82 bits per heavy atom. The van der Waals surface area contributed by atoms with E-state index in [1.165, 1.54) is 18.3 Å². The van der Waals surface area contributed by atoms with Crippen molar-refractivity contribution in [2.45, 2.75) is 25.6 Å². The molecule has 2 unspecified atom stereocenters. The van der Waals surface area contributed by atoms with Crippen molar-refractivity contribution < 1.29 is 24.9 Å². The van der Waals surface area contributed by atoms with Gasteiger partial charge in [-0.1, -0.05) is 0 Å². The van der Waals surface area contributed by atoms with Gasteiger partial charge in [0.1, 0.15) is 17.5 Å². The summed E-state index contributed by atoms with van der Waals surface area (Å²) in [6, 6.07) is 2.83. The number of aliphatic hydroxyl groups excluding tert-OH is 2. The lowest BCUT2D eigenvalue weighted by atomic mass is 10.1. The van der Waals surface area contributed by atoms with Crippen LogP contribution in [0.3, 0.4) is 0 Å². The molecule has 94 valence electrons. The average Bonchev–Trinajstić information content (AvgIpc) is 2.29. The summed E-state index contributed by atoms with van der Waals surface area (Å²) in [5, 5.41) is 28.7. The molecule has 0 bridgehead atoms. The lowest BCUT2D eigenvalue weighted by molar-refractivity contribution is -0.147. The minimum Gasteiger partial charge on any atom is -0.506 e. The van der Waals surface area contributed by atoms with Crippen LogP contribution in [0.15, 0.2) is 18.3 Å². The van der Waals surface area contributed by atoms with Gasteiger partial charge in [-0.2, -0.15) is 0 Å². The van der Waals surface area contributed by atoms with Crippen molar-refractivity contribution in [3.63, 3.8) is 0 Å². The second-order valence-corrected chi connectivity index (χ2v) is 3.43. The standard InChI is InChI=1S/C11H15NO5/c1-2-17-9(15)6-8(14)11(16)10-7(13)4-3-5-12-10/h3-5,8,11,13-14,16H,2,6H2,1H3. The second-order valence-electron chi connectivity index (χ2n) is 3.43. The minimum atomic E-state index is -1.43. The van der Waals surface area contributed by atoms with E-state index in [2.05, 4.69) is 9.72 Å². The molecule has 0 radical (unpaired) electrons. The van der Waals surface area contributed by atoms with Gasteiger partial charge in [-0.3, -0.25) is 9.78 Å². The fraction of sp³-hybridized carbons (Fsp3) is 0.455. The zero-order valence-electron chi connectivity index (χ0n) is 9.41. The van der Waals surface area contributed by atoms with Gasteiger partial charge in [0, 0.05) is 6.20 Å². The molecule has 3 N–H and O–H groups in total. The molecule has 0 aliphatic heterocycles. The van der Waals surface area contributed by atoms with Crippen molar-refractivity contribution in [2.75, 3.05) is 6.61 Å². The number of aromatic nitrogens is 1. The first-order valence-electron chi connectivity index (χ1n) is 5.21. The number of aliphatic hydroxyl groups is 2. The number of hydrogen-bond donors (Lipinski definition) is 3. The third kappa shape index (κ3) is 3.69.